The van der Waals surface area contributed by atoms with Crippen molar-refractivity contribution in [2.75, 3.05) is 12.8 Å². The van der Waals surface area contributed by atoms with Gasteiger partial charge in [0, 0.05) is 18.2 Å². The number of aromatic nitrogens is 2. The van der Waals surface area contributed by atoms with E-state index >= 15 is 0 Å². The number of nitrogen functional groups attached to an aromatic ring is 1. The molecule has 102 valence electrons. The first-order chi connectivity index (χ1) is 9.03. The Morgan fingerprint density at radius 2 is 2.26 bits per heavy atom. The number of sulfonamides is 1. The maximum atomic E-state index is 12.1. The number of benzene rings is 1. The summed E-state index contributed by atoms with van der Waals surface area (Å²) in [5, 5.41) is 6.25. The van der Waals surface area contributed by atoms with Gasteiger partial charge in [-0.05, 0) is 12.1 Å². The third-order valence-electron chi connectivity index (χ3n) is 2.56. The maximum absolute atomic E-state index is 12.1. The van der Waals surface area contributed by atoms with Gasteiger partial charge in [-0.25, -0.2) is 13.1 Å². The molecule has 1 heterocycles. The van der Waals surface area contributed by atoms with E-state index in [0.29, 0.717) is 17.1 Å². The zero-order valence-electron chi connectivity index (χ0n) is 10.3. The Balaban J connectivity index is 2.16. The summed E-state index contributed by atoms with van der Waals surface area (Å²) in [7, 11) is -2.14. The standard InChI is InChI=1S/C11H14N4O3S/c1-18-9-3-2-4-10(5-9)19(16,17)14-7-8-6-13-15-11(8)12/h2-6,14H,7H2,1H3,(H3,12,13,15). The quantitative estimate of drug-likeness (QED) is 0.738. The first-order valence-corrected chi connectivity index (χ1v) is 6.92. The molecule has 19 heavy (non-hydrogen) atoms. The Labute approximate surface area is 110 Å². The van der Waals surface area contributed by atoms with Gasteiger partial charge in [-0.2, -0.15) is 5.10 Å². The van der Waals surface area contributed by atoms with E-state index in [-0.39, 0.29) is 11.4 Å². The number of anilines is 1. The molecule has 0 fully saturated rings. The molecule has 0 radical (unpaired) electrons. The van der Waals surface area contributed by atoms with Gasteiger partial charge in [-0.15, -0.1) is 0 Å². The van der Waals surface area contributed by atoms with Crippen molar-refractivity contribution < 1.29 is 13.2 Å². The molecule has 0 aliphatic rings. The first kappa shape index (κ1) is 13.4. The predicted octanol–water partition coefficient (Wildman–Crippen LogP) is 0.479. The van der Waals surface area contributed by atoms with Crippen LogP contribution in [0.1, 0.15) is 5.56 Å². The molecule has 0 amide bonds. The Bertz CT molecular complexity index is 666. The average Bonchev–Trinajstić information content (AvgIpc) is 2.82. The zero-order valence-corrected chi connectivity index (χ0v) is 11.1. The van der Waals surface area contributed by atoms with E-state index in [9.17, 15) is 8.42 Å². The topological polar surface area (TPSA) is 110 Å². The molecule has 0 aliphatic heterocycles. The monoisotopic (exact) mass is 282 g/mol. The molecule has 0 atom stereocenters. The lowest BCUT2D eigenvalue weighted by Gasteiger charge is -2.07. The lowest BCUT2D eigenvalue weighted by atomic mass is 10.3. The van der Waals surface area contributed by atoms with Gasteiger partial charge < -0.3 is 10.5 Å². The molecule has 0 saturated heterocycles. The minimum atomic E-state index is -3.61. The Kier molecular flexibility index (Phi) is 3.72. The summed E-state index contributed by atoms with van der Waals surface area (Å²) in [4.78, 5) is 0.133. The minimum absolute atomic E-state index is 0.0713. The van der Waals surface area contributed by atoms with E-state index < -0.39 is 10.0 Å². The van der Waals surface area contributed by atoms with E-state index in [4.69, 9.17) is 10.5 Å². The summed E-state index contributed by atoms with van der Waals surface area (Å²) in [5.74, 6) is 0.819. The van der Waals surface area contributed by atoms with Gasteiger partial charge in [0.25, 0.3) is 0 Å². The van der Waals surface area contributed by atoms with Crippen molar-refractivity contribution in [3.05, 3.63) is 36.0 Å². The van der Waals surface area contributed by atoms with Crippen molar-refractivity contribution in [1.29, 1.82) is 0 Å². The van der Waals surface area contributed by atoms with Crippen molar-refractivity contribution in [3.8, 4) is 5.75 Å². The highest BCUT2D eigenvalue weighted by Gasteiger charge is 2.15. The number of aromatic amines is 1. The molecule has 0 unspecified atom stereocenters. The summed E-state index contributed by atoms with van der Waals surface area (Å²) in [6, 6.07) is 6.22. The molecule has 2 aromatic rings. The Morgan fingerprint density at radius 3 is 2.89 bits per heavy atom. The minimum Gasteiger partial charge on any atom is -0.497 e. The predicted molar refractivity (Wildman–Crippen MR) is 70.0 cm³/mol. The van der Waals surface area contributed by atoms with Gasteiger partial charge >= 0.3 is 0 Å². The van der Waals surface area contributed by atoms with Gasteiger partial charge in [0.05, 0.1) is 18.2 Å². The molecular weight excluding hydrogens is 268 g/mol. The largest absolute Gasteiger partial charge is 0.497 e. The van der Waals surface area contributed by atoms with Crippen LogP contribution < -0.4 is 15.2 Å². The fraction of sp³-hybridized carbons (Fsp3) is 0.182. The molecule has 4 N–H and O–H groups in total. The second kappa shape index (κ2) is 5.29. The first-order valence-electron chi connectivity index (χ1n) is 5.44. The number of methoxy groups -OCH3 is 1. The molecule has 1 aromatic heterocycles. The molecule has 1 aromatic carbocycles. The summed E-state index contributed by atoms with van der Waals surface area (Å²) in [6.45, 7) is 0.0713. The van der Waals surface area contributed by atoms with Crippen LogP contribution in [0.15, 0.2) is 35.4 Å². The fourth-order valence-corrected chi connectivity index (χ4v) is 2.53. The number of rotatable bonds is 5. The fourth-order valence-electron chi connectivity index (χ4n) is 1.49. The molecular formula is C11H14N4O3S. The normalized spacial score (nSPS) is 11.4. The third-order valence-corrected chi connectivity index (χ3v) is 3.95. The van der Waals surface area contributed by atoms with E-state index in [1.165, 1.54) is 25.4 Å². The van der Waals surface area contributed by atoms with Gasteiger partial charge in [-0.3, -0.25) is 5.10 Å². The van der Waals surface area contributed by atoms with Gasteiger partial charge in [-0.1, -0.05) is 6.07 Å². The van der Waals surface area contributed by atoms with E-state index in [0.717, 1.165) is 0 Å². The number of nitrogens with two attached hydrogens (primary N) is 1. The van der Waals surface area contributed by atoms with Crippen molar-refractivity contribution in [3.63, 3.8) is 0 Å². The summed E-state index contributed by atoms with van der Waals surface area (Å²) < 4.78 is 31.6. The van der Waals surface area contributed by atoms with E-state index in [2.05, 4.69) is 14.9 Å². The zero-order chi connectivity index (χ0) is 13.9. The van der Waals surface area contributed by atoms with Crippen molar-refractivity contribution in [1.82, 2.24) is 14.9 Å². The second-order valence-electron chi connectivity index (χ2n) is 3.81. The van der Waals surface area contributed by atoms with Crippen LogP contribution in [0.4, 0.5) is 5.82 Å². The SMILES string of the molecule is COc1cccc(S(=O)(=O)NCc2cn[nH]c2N)c1. The van der Waals surface area contributed by atoms with Crippen LogP contribution in [-0.4, -0.2) is 25.7 Å². The lowest BCUT2D eigenvalue weighted by molar-refractivity contribution is 0.413. The average molecular weight is 282 g/mol. The van der Waals surface area contributed by atoms with Gasteiger partial charge in [0.2, 0.25) is 10.0 Å². The van der Waals surface area contributed by atoms with Gasteiger partial charge in [0.1, 0.15) is 11.6 Å². The summed E-state index contributed by atoms with van der Waals surface area (Å²) in [5.41, 5.74) is 6.17. The van der Waals surface area contributed by atoms with Crippen LogP contribution >= 0.6 is 0 Å². The molecule has 7 nitrogen and oxygen atoms in total. The third kappa shape index (κ3) is 3.04. The number of nitrogens with one attached hydrogen (secondary N) is 2. The number of hydrogen-bond acceptors (Lipinski definition) is 5. The Morgan fingerprint density at radius 1 is 1.47 bits per heavy atom. The number of hydrogen-bond donors (Lipinski definition) is 3. The van der Waals surface area contributed by atoms with Gasteiger partial charge in [0.15, 0.2) is 0 Å². The number of H-pyrrole nitrogens is 1. The number of ether oxygens (including phenoxy) is 1. The van der Waals surface area contributed by atoms with Crippen LogP contribution in [0.2, 0.25) is 0 Å². The van der Waals surface area contributed by atoms with Crippen molar-refractivity contribution in [2.24, 2.45) is 0 Å². The molecule has 0 aliphatic carbocycles. The Hall–Kier alpha value is -2.06. The highest BCUT2D eigenvalue weighted by Crippen LogP contribution is 2.17. The van der Waals surface area contributed by atoms with Crippen LogP contribution in [0.5, 0.6) is 5.75 Å². The van der Waals surface area contributed by atoms with Crippen molar-refractivity contribution >= 4 is 15.8 Å². The number of nitrogens with zero attached hydrogens (tertiary/aromatic N) is 1. The highest BCUT2D eigenvalue weighted by atomic mass is 32.2. The van der Waals surface area contributed by atoms with E-state index in [1.807, 2.05) is 0 Å². The van der Waals surface area contributed by atoms with Crippen molar-refractivity contribution in [2.45, 2.75) is 11.4 Å². The molecule has 0 saturated carbocycles. The van der Waals surface area contributed by atoms with Crippen LogP contribution in [0, 0.1) is 0 Å². The summed E-state index contributed by atoms with van der Waals surface area (Å²) >= 11 is 0. The maximum Gasteiger partial charge on any atom is 0.241 e. The smallest absolute Gasteiger partial charge is 0.241 e. The molecule has 8 heteroatoms. The molecule has 0 bridgehead atoms. The molecule has 0 spiro atoms. The van der Waals surface area contributed by atoms with E-state index in [1.54, 1.807) is 12.1 Å². The lowest BCUT2D eigenvalue weighted by Crippen LogP contribution is -2.23. The van der Waals surface area contributed by atoms with Crippen LogP contribution in [-0.2, 0) is 16.6 Å². The molecule has 2 rings (SSSR count). The highest BCUT2D eigenvalue weighted by molar-refractivity contribution is 7.89. The second-order valence-corrected chi connectivity index (χ2v) is 5.58. The summed E-state index contributed by atoms with van der Waals surface area (Å²) in [6.07, 6.45) is 1.48. The van der Waals surface area contributed by atoms with Crippen LogP contribution in [0.25, 0.3) is 0 Å². The van der Waals surface area contributed by atoms with Crippen LogP contribution in [0.3, 0.4) is 0 Å².